The van der Waals surface area contributed by atoms with E-state index in [9.17, 15) is 0 Å². The molecule has 8 aromatic carbocycles. The summed E-state index contributed by atoms with van der Waals surface area (Å²) < 4.78 is 8.73. The average Bonchev–Trinajstić information content (AvgIpc) is 3.82. The predicted octanol–water partition coefficient (Wildman–Crippen LogP) is 13.8. The zero-order chi connectivity index (χ0) is 37.0. The highest BCUT2D eigenvalue weighted by Crippen LogP contribution is 2.41. The number of para-hydroxylation sites is 1. The molecule has 0 amide bonds. The van der Waals surface area contributed by atoms with E-state index < -0.39 is 0 Å². The van der Waals surface area contributed by atoms with Crippen LogP contribution in [-0.4, -0.2) is 14.5 Å². The fourth-order valence-electron chi connectivity index (χ4n) is 8.16. The summed E-state index contributed by atoms with van der Waals surface area (Å²) in [4.78, 5) is 10.6. The van der Waals surface area contributed by atoms with E-state index >= 15 is 0 Å². The maximum Gasteiger partial charge on any atom is 0.161 e. The van der Waals surface area contributed by atoms with Gasteiger partial charge in [0.05, 0.1) is 22.4 Å². The fourth-order valence-corrected chi connectivity index (χ4v) is 8.16. The number of hydrogen-bond donors (Lipinski definition) is 0. The molecule has 0 aliphatic rings. The van der Waals surface area contributed by atoms with Gasteiger partial charge in [0, 0.05) is 43.9 Å². The van der Waals surface area contributed by atoms with Crippen LogP contribution in [0.5, 0.6) is 0 Å². The van der Waals surface area contributed by atoms with Crippen molar-refractivity contribution in [3.63, 3.8) is 0 Å². The van der Waals surface area contributed by atoms with Crippen LogP contribution < -0.4 is 0 Å². The van der Waals surface area contributed by atoms with Gasteiger partial charge in [-0.2, -0.15) is 0 Å². The lowest BCUT2D eigenvalue weighted by Gasteiger charge is -2.12. The van der Waals surface area contributed by atoms with E-state index in [4.69, 9.17) is 14.4 Å². The van der Waals surface area contributed by atoms with E-state index in [-0.39, 0.29) is 0 Å². The lowest BCUT2D eigenvalue weighted by Crippen LogP contribution is -1.97. The molecule has 4 nitrogen and oxygen atoms in total. The lowest BCUT2D eigenvalue weighted by atomic mass is 10.00. The summed E-state index contributed by atoms with van der Waals surface area (Å²) in [5.41, 5.74) is 14.5. The molecule has 0 saturated heterocycles. The number of aromatic nitrogens is 3. The number of fused-ring (bicyclic) bond motifs is 6. The molecule has 56 heavy (non-hydrogen) atoms. The summed E-state index contributed by atoms with van der Waals surface area (Å²) in [6.07, 6.45) is 0. The van der Waals surface area contributed by atoms with Crippen LogP contribution in [0.1, 0.15) is 0 Å². The number of furan rings is 1. The van der Waals surface area contributed by atoms with Gasteiger partial charge in [-0.25, -0.2) is 9.97 Å². The quantitative estimate of drug-likeness (QED) is 0.172. The molecule has 0 unspecified atom stereocenters. The minimum Gasteiger partial charge on any atom is -0.456 e. The highest BCUT2D eigenvalue weighted by molar-refractivity contribution is 6.16. The van der Waals surface area contributed by atoms with Crippen LogP contribution in [-0.2, 0) is 0 Å². The predicted molar refractivity (Wildman–Crippen MR) is 231 cm³/mol. The number of hydrogen-bond acceptors (Lipinski definition) is 3. The summed E-state index contributed by atoms with van der Waals surface area (Å²) in [6, 6.07) is 70.2. The van der Waals surface area contributed by atoms with Gasteiger partial charge < -0.3 is 8.98 Å². The summed E-state index contributed by atoms with van der Waals surface area (Å²) in [7, 11) is 0. The van der Waals surface area contributed by atoms with Gasteiger partial charge >= 0.3 is 0 Å². The Morgan fingerprint density at radius 2 is 0.911 bits per heavy atom. The molecule has 0 atom stereocenters. The van der Waals surface area contributed by atoms with Gasteiger partial charge in [-0.15, -0.1) is 0 Å². The van der Waals surface area contributed by atoms with E-state index in [0.717, 1.165) is 88.6 Å². The fraction of sp³-hybridized carbons (Fsp3) is 0. The van der Waals surface area contributed by atoms with E-state index in [2.05, 4.69) is 193 Å². The van der Waals surface area contributed by atoms with Crippen molar-refractivity contribution in [1.82, 2.24) is 14.5 Å². The van der Waals surface area contributed by atoms with Crippen molar-refractivity contribution in [3.8, 4) is 61.8 Å². The van der Waals surface area contributed by atoms with Gasteiger partial charge in [-0.1, -0.05) is 146 Å². The Kier molecular flexibility index (Phi) is 7.46. The molecule has 0 N–H and O–H groups in total. The van der Waals surface area contributed by atoms with Gasteiger partial charge in [0.1, 0.15) is 11.2 Å². The second-order valence-corrected chi connectivity index (χ2v) is 14.2. The molecule has 0 spiro atoms. The van der Waals surface area contributed by atoms with Gasteiger partial charge in [-0.05, 0) is 76.9 Å². The standard InChI is InChI=1S/C52H33N3O/c1-4-14-34(15-5-1)37-20-12-21-39(30-37)46-33-45(36-18-8-3-9-19-36)53-52(54-46)42-23-13-25-48-51(42)41-22-10-11-24-47(41)55(48)40-27-29-50-44(32-40)43-31-38(26-28-49(43)56-50)35-16-6-2-7-17-35/h1-33H. The first-order valence-electron chi connectivity index (χ1n) is 18.9. The molecule has 4 heteroatoms. The van der Waals surface area contributed by atoms with Crippen molar-refractivity contribution in [2.24, 2.45) is 0 Å². The molecule has 0 fully saturated rings. The normalized spacial score (nSPS) is 11.6. The largest absolute Gasteiger partial charge is 0.456 e. The Bertz CT molecular complexity index is 3240. The van der Waals surface area contributed by atoms with Crippen molar-refractivity contribution in [2.45, 2.75) is 0 Å². The smallest absolute Gasteiger partial charge is 0.161 e. The maximum absolute atomic E-state index is 6.37. The SMILES string of the molecule is c1ccc(-c2cccc(-c3cc(-c4ccccc4)nc(-c4cccc5c4c4ccccc4n5-c4ccc5oc6ccc(-c7ccccc7)cc6c5c4)n3)c2)cc1. The molecule has 0 saturated carbocycles. The van der Waals surface area contributed by atoms with Crippen molar-refractivity contribution >= 4 is 43.7 Å². The molecule has 3 heterocycles. The summed E-state index contributed by atoms with van der Waals surface area (Å²) in [5.74, 6) is 0.685. The van der Waals surface area contributed by atoms with Crippen LogP contribution in [0.25, 0.3) is 106 Å². The van der Waals surface area contributed by atoms with Crippen molar-refractivity contribution in [3.05, 3.63) is 200 Å². The van der Waals surface area contributed by atoms with Crippen LogP contribution in [0.15, 0.2) is 205 Å². The molecule has 11 rings (SSSR count). The van der Waals surface area contributed by atoms with Crippen LogP contribution >= 0.6 is 0 Å². The summed E-state index contributed by atoms with van der Waals surface area (Å²) >= 11 is 0. The first-order valence-corrected chi connectivity index (χ1v) is 18.9. The number of rotatable bonds is 6. The average molecular weight is 716 g/mol. The number of benzene rings is 8. The Morgan fingerprint density at radius 1 is 0.357 bits per heavy atom. The third kappa shape index (κ3) is 5.39. The first kappa shape index (κ1) is 31.9. The zero-order valence-corrected chi connectivity index (χ0v) is 30.3. The van der Waals surface area contributed by atoms with E-state index in [0.29, 0.717) is 5.82 Å². The Morgan fingerprint density at radius 3 is 1.66 bits per heavy atom. The molecule has 262 valence electrons. The molecule has 0 bridgehead atoms. The third-order valence-electron chi connectivity index (χ3n) is 10.8. The second kappa shape index (κ2) is 13.1. The van der Waals surface area contributed by atoms with Crippen molar-refractivity contribution in [2.75, 3.05) is 0 Å². The van der Waals surface area contributed by atoms with Crippen LogP contribution in [0.4, 0.5) is 0 Å². The maximum atomic E-state index is 6.37. The monoisotopic (exact) mass is 715 g/mol. The molecular formula is C52H33N3O. The second-order valence-electron chi connectivity index (χ2n) is 14.2. The first-order chi connectivity index (χ1) is 27.7. The molecule has 11 aromatic rings. The Hall–Kier alpha value is -7.56. The molecule has 0 radical (unpaired) electrons. The Balaban J connectivity index is 1.12. The highest BCUT2D eigenvalue weighted by atomic mass is 16.3. The van der Waals surface area contributed by atoms with E-state index in [1.54, 1.807) is 0 Å². The molecule has 0 aliphatic carbocycles. The lowest BCUT2D eigenvalue weighted by molar-refractivity contribution is 0.669. The van der Waals surface area contributed by atoms with Gasteiger partial charge in [0.15, 0.2) is 5.82 Å². The summed E-state index contributed by atoms with van der Waals surface area (Å²) in [5, 5.41) is 4.43. The third-order valence-corrected chi connectivity index (χ3v) is 10.8. The van der Waals surface area contributed by atoms with Gasteiger partial charge in [0.25, 0.3) is 0 Å². The zero-order valence-electron chi connectivity index (χ0n) is 30.3. The topological polar surface area (TPSA) is 43.9 Å². The van der Waals surface area contributed by atoms with Crippen LogP contribution in [0, 0.1) is 0 Å². The van der Waals surface area contributed by atoms with Gasteiger partial charge in [0.2, 0.25) is 0 Å². The van der Waals surface area contributed by atoms with Gasteiger partial charge in [-0.3, -0.25) is 0 Å². The van der Waals surface area contributed by atoms with Crippen LogP contribution in [0.2, 0.25) is 0 Å². The highest BCUT2D eigenvalue weighted by Gasteiger charge is 2.20. The number of nitrogens with zero attached hydrogens (tertiary/aromatic N) is 3. The Labute approximate surface area is 323 Å². The van der Waals surface area contributed by atoms with Crippen molar-refractivity contribution < 1.29 is 4.42 Å². The summed E-state index contributed by atoms with van der Waals surface area (Å²) in [6.45, 7) is 0. The molecule has 3 aromatic heterocycles. The minimum absolute atomic E-state index is 0.685. The van der Waals surface area contributed by atoms with Crippen LogP contribution in [0.3, 0.4) is 0 Å². The van der Waals surface area contributed by atoms with Crippen molar-refractivity contribution in [1.29, 1.82) is 0 Å². The molecule has 0 aliphatic heterocycles. The van der Waals surface area contributed by atoms with E-state index in [1.807, 2.05) is 12.1 Å². The minimum atomic E-state index is 0.685. The molecular weight excluding hydrogens is 683 g/mol. The van der Waals surface area contributed by atoms with E-state index in [1.165, 1.54) is 11.1 Å².